The molecule has 0 radical (unpaired) electrons. The number of nitrogens with zero attached hydrogens (tertiary/aromatic N) is 2. The van der Waals surface area contributed by atoms with Crippen molar-refractivity contribution in [3.63, 3.8) is 0 Å². The van der Waals surface area contributed by atoms with E-state index < -0.39 is 0 Å². The highest BCUT2D eigenvalue weighted by atomic mass is 16.1. The average Bonchev–Trinajstić information content (AvgIpc) is 2.93. The van der Waals surface area contributed by atoms with Gasteiger partial charge in [-0.3, -0.25) is 5.01 Å². The molecule has 0 spiro atoms. The van der Waals surface area contributed by atoms with Crippen molar-refractivity contribution in [2.24, 2.45) is 5.10 Å². The lowest BCUT2D eigenvalue weighted by Gasteiger charge is -2.20. The first-order valence-electron chi connectivity index (χ1n) is 6.60. The van der Waals surface area contributed by atoms with E-state index in [1.807, 2.05) is 11.9 Å². The molecule has 3 heteroatoms. The maximum Gasteiger partial charge on any atom is 0.144 e. The van der Waals surface area contributed by atoms with Gasteiger partial charge in [-0.25, -0.2) is 0 Å². The fourth-order valence-corrected chi connectivity index (χ4v) is 3.00. The molecule has 0 fully saturated rings. The second kappa shape index (κ2) is 4.23. The Labute approximate surface area is 107 Å². The number of hydrazone groups is 1. The van der Waals surface area contributed by atoms with Crippen LogP contribution in [0.1, 0.15) is 43.7 Å². The molecule has 2 atom stereocenters. The number of carbonyl (C=O) groups excluding carboxylic acids is 1. The molecule has 0 N–H and O–H groups in total. The maximum atomic E-state index is 11.1. The molecule has 0 saturated heterocycles. The summed E-state index contributed by atoms with van der Waals surface area (Å²) in [6, 6.07) is 6.38. The molecule has 1 heterocycles. The van der Waals surface area contributed by atoms with Crippen molar-refractivity contribution in [1.29, 1.82) is 0 Å². The van der Waals surface area contributed by atoms with Gasteiger partial charge in [-0.2, -0.15) is 5.10 Å². The fraction of sp³-hybridized carbons (Fsp3) is 0.467. The quantitative estimate of drug-likeness (QED) is 0.747. The standard InChI is InChI=1S/C15H18N2O/c1-10-3-4-12-8-13(5-6-15(10)12)17-14(9-18)7-11(2)16-17/h5-6,8-10,14H,3-4,7H2,1-2H3. The lowest BCUT2D eigenvalue weighted by atomic mass is 10.0. The molecule has 1 aromatic carbocycles. The van der Waals surface area contributed by atoms with Crippen molar-refractivity contribution in [2.75, 3.05) is 5.01 Å². The van der Waals surface area contributed by atoms with Crippen LogP contribution >= 0.6 is 0 Å². The van der Waals surface area contributed by atoms with Gasteiger partial charge in [0.25, 0.3) is 0 Å². The predicted molar refractivity (Wildman–Crippen MR) is 73.2 cm³/mol. The van der Waals surface area contributed by atoms with Crippen molar-refractivity contribution in [2.45, 2.75) is 45.1 Å². The van der Waals surface area contributed by atoms with Crippen molar-refractivity contribution in [3.8, 4) is 0 Å². The van der Waals surface area contributed by atoms with E-state index in [1.165, 1.54) is 17.5 Å². The van der Waals surface area contributed by atoms with E-state index in [0.717, 1.165) is 30.5 Å². The summed E-state index contributed by atoms with van der Waals surface area (Å²) in [6.07, 6.45) is 4.12. The van der Waals surface area contributed by atoms with Crippen molar-refractivity contribution >= 4 is 17.7 Å². The third-order valence-corrected chi connectivity index (χ3v) is 4.02. The van der Waals surface area contributed by atoms with Crippen LogP contribution in [0.4, 0.5) is 5.69 Å². The Morgan fingerprint density at radius 1 is 1.44 bits per heavy atom. The molecule has 2 aliphatic rings. The molecule has 1 aliphatic heterocycles. The molecular formula is C15H18N2O. The molecule has 1 aromatic rings. The zero-order chi connectivity index (χ0) is 12.7. The Hall–Kier alpha value is -1.64. The number of hydrogen-bond donors (Lipinski definition) is 0. The van der Waals surface area contributed by atoms with Crippen LogP contribution in [0.5, 0.6) is 0 Å². The first-order valence-corrected chi connectivity index (χ1v) is 6.60. The van der Waals surface area contributed by atoms with Crippen molar-refractivity contribution in [1.82, 2.24) is 0 Å². The monoisotopic (exact) mass is 242 g/mol. The molecule has 1 aliphatic carbocycles. The maximum absolute atomic E-state index is 11.1. The molecule has 0 amide bonds. The Morgan fingerprint density at radius 2 is 2.28 bits per heavy atom. The van der Waals surface area contributed by atoms with E-state index in [9.17, 15) is 4.79 Å². The Morgan fingerprint density at radius 3 is 3.06 bits per heavy atom. The Bertz CT molecular complexity index is 521. The van der Waals surface area contributed by atoms with Crippen LogP contribution in [-0.2, 0) is 11.2 Å². The van der Waals surface area contributed by atoms with Gasteiger partial charge >= 0.3 is 0 Å². The minimum Gasteiger partial charge on any atom is -0.301 e. The van der Waals surface area contributed by atoms with Gasteiger partial charge in [0.2, 0.25) is 0 Å². The lowest BCUT2D eigenvalue weighted by molar-refractivity contribution is -0.108. The van der Waals surface area contributed by atoms with Crippen LogP contribution in [0.25, 0.3) is 0 Å². The van der Waals surface area contributed by atoms with E-state index in [-0.39, 0.29) is 6.04 Å². The van der Waals surface area contributed by atoms with Gasteiger partial charge in [0.1, 0.15) is 12.3 Å². The highest BCUT2D eigenvalue weighted by Crippen LogP contribution is 2.36. The smallest absolute Gasteiger partial charge is 0.144 e. The van der Waals surface area contributed by atoms with Gasteiger partial charge in [-0.05, 0) is 48.9 Å². The largest absolute Gasteiger partial charge is 0.301 e. The molecule has 2 unspecified atom stereocenters. The number of aryl methyl sites for hydroxylation is 1. The van der Waals surface area contributed by atoms with E-state index in [4.69, 9.17) is 0 Å². The van der Waals surface area contributed by atoms with Crippen LogP contribution in [0.3, 0.4) is 0 Å². The third-order valence-electron chi connectivity index (χ3n) is 4.02. The highest BCUT2D eigenvalue weighted by molar-refractivity contribution is 5.91. The number of aldehydes is 1. The summed E-state index contributed by atoms with van der Waals surface area (Å²) >= 11 is 0. The third kappa shape index (κ3) is 1.74. The first-order chi connectivity index (χ1) is 8.69. The first kappa shape index (κ1) is 11.5. The van der Waals surface area contributed by atoms with Crippen LogP contribution in [-0.4, -0.2) is 18.0 Å². The minimum absolute atomic E-state index is 0.123. The Balaban J connectivity index is 1.96. The Kier molecular flexibility index (Phi) is 2.69. The summed E-state index contributed by atoms with van der Waals surface area (Å²) in [6.45, 7) is 4.25. The normalized spacial score (nSPS) is 26.1. The number of hydrogen-bond acceptors (Lipinski definition) is 3. The topological polar surface area (TPSA) is 32.7 Å². The van der Waals surface area contributed by atoms with Gasteiger partial charge < -0.3 is 4.79 Å². The van der Waals surface area contributed by atoms with Gasteiger partial charge in [-0.1, -0.05) is 13.0 Å². The molecule has 94 valence electrons. The summed E-state index contributed by atoms with van der Waals surface area (Å²) < 4.78 is 0. The highest BCUT2D eigenvalue weighted by Gasteiger charge is 2.27. The molecule has 18 heavy (non-hydrogen) atoms. The van der Waals surface area contributed by atoms with Crippen LogP contribution in [0.2, 0.25) is 0 Å². The number of rotatable bonds is 2. The average molecular weight is 242 g/mol. The van der Waals surface area contributed by atoms with E-state index in [1.54, 1.807) is 0 Å². The van der Waals surface area contributed by atoms with Crippen LogP contribution in [0, 0.1) is 0 Å². The number of fused-ring (bicyclic) bond motifs is 1. The van der Waals surface area contributed by atoms with Gasteiger partial charge in [0.15, 0.2) is 0 Å². The summed E-state index contributed by atoms with van der Waals surface area (Å²) in [5.41, 5.74) is 4.96. The zero-order valence-electron chi connectivity index (χ0n) is 10.9. The zero-order valence-corrected chi connectivity index (χ0v) is 10.9. The number of carbonyl (C=O) groups is 1. The summed E-state index contributed by atoms with van der Waals surface area (Å²) in [4.78, 5) is 11.1. The predicted octanol–water partition coefficient (Wildman–Crippen LogP) is 2.89. The summed E-state index contributed by atoms with van der Waals surface area (Å²) in [7, 11) is 0. The second-order valence-corrected chi connectivity index (χ2v) is 5.41. The molecule has 3 nitrogen and oxygen atoms in total. The van der Waals surface area contributed by atoms with Gasteiger partial charge in [0, 0.05) is 12.1 Å². The van der Waals surface area contributed by atoms with E-state index in [2.05, 4.69) is 30.2 Å². The lowest BCUT2D eigenvalue weighted by Crippen LogP contribution is -2.27. The van der Waals surface area contributed by atoms with Crippen LogP contribution < -0.4 is 5.01 Å². The van der Waals surface area contributed by atoms with Crippen molar-refractivity contribution < 1.29 is 4.79 Å². The van der Waals surface area contributed by atoms with Crippen molar-refractivity contribution in [3.05, 3.63) is 29.3 Å². The molecule has 0 saturated carbocycles. The second-order valence-electron chi connectivity index (χ2n) is 5.41. The minimum atomic E-state index is -0.123. The summed E-state index contributed by atoms with van der Waals surface area (Å²) in [5.74, 6) is 0.666. The molecule has 0 aromatic heterocycles. The molecule has 0 bridgehead atoms. The SMILES string of the molecule is CC1=NN(c2ccc3c(c2)CCC3C)C(C=O)C1. The van der Waals surface area contributed by atoms with Crippen LogP contribution in [0.15, 0.2) is 23.3 Å². The van der Waals surface area contributed by atoms with Gasteiger partial charge in [-0.15, -0.1) is 0 Å². The number of anilines is 1. The number of benzene rings is 1. The van der Waals surface area contributed by atoms with E-state index >= 15 is 0 Å². The van der Waals surface area contributed by atoms with E-state index in [0.29, 0.717) is 5.92 Å². The molecule has 3 rings (SSSR count). The van der Waals surface area contributed by atoms with Gasteiger partial charge in [0.05, 0.1) is 5.69 Å². The fourth-order valence-electron chi connectivity index (χ4n) is 3.00. The molecular weight excluding hydrogens is 224 g/mol. The summed E-state index contributed by atoms with van der Waals surface area (Å²) in [5, 5.41) is 6.34.